The predicted molar refractivity (Wildman–Crippen MR) is 59.6 cm³/mol. The molecule has 1 aromatic heterocycles. The highest BCUT2D eigenvalue weighted by Crippen LogP contribution is 2.17. The van der Waals surface area contributed by atoms with Crippen molar-refractivity contribution in [2.24, 2.45) is 0 Å². The number of aromatic nitrogens is 2. The SMILES string of the molecule is Cc1cccc(-c2ncc[nH]c2=S)c1. The van der Waals surface area contributed by atoms with Crippen molar-refractivity contribution in [2.45, 2.75) is 6.92 Å². The predicted octanol–water partition coefficient (Wildman–Crippen LogP) is 3.11. The summed E-state index contributed by atoms with van der Waals surface area (Å²) >= 11 is 5.16. The lowest BCUT2D eigenvalue weighted by Gasteiger charge is -2.01. The van der Waals surface area contributed by atoms with Crippen LogP contribution in [0.15, 0.2) is 36.7 Å². The van der Waals surface area contributed by atoms with E-state index < -0.39 is 0 Å². The fourth-order valence-corrected chi connectivity index (χ4v) is 1.59. The Hall–Kier alpha value is -1.48. The Morgan fingerprint density at radius 1 is 1.36 bits per heavy atom. The lowest BCUT2D eigenvalue weighted by atomic mass is 10.1. The second-order valence-electron chi connectivity index (χ2n) is 3.14. The molecule has 0 saturated carbocycles. The van der Waals surface area contributed by atoms with Crippen molar-refractivity contribution in [1.29, 1.82) is 0 Å². The molecule has 3 heteroatoms. The van der Waals surface area contributed by atoms with Crippen molar-refractivity contribution in [2.75, 3.05) is 0 Å². The fraction of sp³-hybridized carbons (Fsp3) is 0.0909. The highest BCUT2D eigenvalue weighted by molar-refractivity contribution is 7.71. The number of rotatable bonds is 1. The molecule has 1 N–H and O–H groups in total. The van der Waals surface area contributed by atoms with Gasteiger partial charge in [-0.2, -0.15) is 0 Å². The normalized spacial score (nSPS) is 10.1. The number of nitrogens with zero attached hydrogens (tertiary/aromatic N) is 1. The van der Waals surface area contributed by atoms with E-state index in [0.717, 1.165) is 11.3 Å². The molecule has 0 radical (unpaired) electrons. The minimum absolute atomic E-state index is 0.679. The van der Waals surface area contributed by atoms with Crippen molar-refractivity contribution in [3.8, 4) is 11.3 Å². The van der Waals surface area contributed by atoms with Gasteiger partial charge in [0.25, 0.3) is 0 Å². The van der Waals surface area contributed by atoms with Gasteiger partial charge in [-0.1, -0.05) is 36.0 Å². The van der Waals surface area contributed by atoms with E-state index in [1.54, 1.807) is 12.4 Å². The van der Waals surface area contributed by atoms with Gasteiger partial charge in [-0.05, 0) is 13.0 Å². The average Bonchev–Trinajstić information content (AvgIpc) is 2.18. The van der Waals surface area contributed by atoms with E-state index in [9.17, 15) is 0 Å². The average molecular weight is 202 g/mol. The summed E-state index contributed by atoms with van der Waals surface area (Å²) in [4.78, 5) is 7.22. The molecule has 0 fully saturated rings. The first kappa shape index (κ1) is 9.09. The lowest BCUT2D eigenvalue weighted by molar-refractivity contribution is 1.18. The standard InChI is InChI=1S/C11H10N2S/c1-8-3-2-4-9(7-8)10-11(14)13-6-5-12-10/h2-7H,1H3,(H,13,14). The van der Waals surface area contributed by atoms with E-state index in [1.165, 1.54) is 5.56 Å². The summed E-state index contributed by atoms with van der Waals surface area (Å²) in [5, 5.41) is 0. The fourth-order valence-electron chi connectivity index (χ4n) is 1.35. The number of nitrogens with one attached hydrogen (secondary N) is 1. The Bertz CT molecular complexity index is 502. The van der Waals surface area contributed by atoms with E-state index in [1.807, 2.05) is 12.1 Å². The largest absolute Gasteiger partial charge is 0.350 e. The topological polar surface area (TPSA) is 28.7 Å². The molecule has 1 heterocycles. The molecule has 0 aliphatic heterocycles. The first-order chi connectivity index (χ1) is 6.77. The smallest absolute Gasteiger partial charge is 0.129 e. The maximum absolute atomic E-state index is 5.16. The quantitative estimate of drug-likeness (QED) is 0.720. The Morgan fingerprint density at radius 2 is 2.21 bits per heavy atom. The van der Waals surface area contributed by atoms with Gasteiger partial charge in [0.2, 0.25) is 0 Å². The van der Waals surface area contributed by atoms with Crippen molar-refractivity contribution in [3.05, 3.63) is 46.9 Å². The Kier molecular flexibility index (Phi) is 2.41. The molecular formula is C11H10N2S. The third-order valence-corrected chi connectivity index (χ3v) is 2.31. The van der Waals surface area contributed by atoms with Gasteiger partial charge in [-0.15, -0.1) is 0 Å². The lowest BCUT2D eigenvalue weighted by Crippen LogP contribution is -1.87. The molecule has 2 rings (SSSR count). The van der Waals surface area contributed by atoms with Crippen LogP contribution in [0.3, 0.4) is 0 Å². The van der Waals surface area contributed by atoms with Crippen molar-refractivity contribution in [1.82, 2.24) is 9.97 Å². The molecule has 2 nitrogen and oxygen atoms in total. The first-order valence-electron chi connectivity index (χ1n) is 4.38. The third kappa shape index (κ3) is 1.72. The summed E-state index contributed by atoms with van der Waals surface area (Å²) < 4.78 is 0.679. The zero-order valence-electron chi connectivity index (χ0n) is 7.82. The van der Waals surface area contributed by atoms with Crippen molar-refractivity contribution >= 4 is 12.2 Å². The number of aryl methyl sites for hydroxylation is 1. The maximum Gasteiger partial charge on any atom is 0.129 e. The molecular weight excluding hydrogens is 192 g/mol. The molecule has 0 bridgehead atoms. The third-order valence-electron chi connectivity index (χ3n) is 2.00. The second-order valence-corrected chi connectivity index (χ2v) is 3.54. The summed E-state index contributed by atoms with van der Waals surface area (Å²) in [5.74, 6) is 0. The highest BCUT2D eigenvalue weighted by Gasteiger charge is 2.00. The number of H-pyrrole nitrogens is 1. The van der Waals surface area contributed by atoms with Gasteiger partial charge < -0.3 is 4.98 Å². The monoisotopic (exact) mass is 202 g/mol. The highest BCUT2D eigenvalue weighted by atomic mass is 32.1. The van der Waals surface area contributed by atoms with E-state index in [4.69, 9.17) is 12.2 Å². The summed E-state index contributed by atoms with van der Waals surface area (Å²) in [5.41, 5.74) is 3.11. The van der Waals surface area contributed by atoms with E-state index >= 15 is 0 Å². The van der Waals surface area contributed by atoms with Crippen LogP contribution in [0.25, 0.3) is 11.3 Å². The van der Waals surface area contributed by atoms with Crippen LogP contribution in [0.2, 0.25) is 0 Å². The van der Waals surface area contributed by atoms with Crippen LogP contribution in [0.5, 0.6) is 0 Å². The molecule has 0 aliphatic rings. The van der Waals surface area contributed by atoms with Crippen LogP contribution >= 0.6 is 12.2 Å². The molecule has 0 aliphatic carbocycles. The summed E-state index contributed by atoms with van der Waals surface area (Å²) in [6.45, 7) is 2.05. The van der Waals surface area contributed by atoms with E-state index in [-0.39, 0.29) is 0 Å². The zero-order valence-corrected chi connectivity index (χ0v) is 8.64. The number of hydrogen-bond acceptors (Lipinski definition) is 2. The van der Waals surface area contributed by atoms with Gasteiger partial charge in [-0.3, -0.25) is 4.98 Å². The molecule has 2 aromatic rings. The Morgan fingerprint density at radius 3 is 2.93 bits per heavy atom. The summed E-state index contributed by atoms with van der Waals surface area (Å²) in [6, 6.07) is 8.15. The van der Waals surface area contributed by atoms with Crippen LogP contribution in [-0.4, -0.2) is 9.97 Å². The minimum atomic E-state index is 0.679. The molecule has 0 saturated heterocycles. The van der Waals surface area contributed by atoms with Crippen LogP contribution in [-0.2, 0) is 0 Å². The summed E-state index contributed by atoms with van der Waals surface area (Å²) in [6.07, 6.45) is 3.45. The molecule has 0 unspecified atom stereocenters. The van der Waals surface area contributed by atoms with Gasteiger partial charge in [0.05, 0.1) is 0 Å². The molecule has 0 amide bonds. The van der Waals surface area contributed by atoms with Crippen LogP contribution < -0.4 is 0 Å². The van der Waals surface area contributed by atoms with E-state index in [0.29, 0.717) is 4.64 Å². The van der Waals surface area contributed by atoms with Gasteiger partial charge in [0.1, 0.15) is 10.3 Å². The number of benzene rings is 1. The first-order valence-corrected chi connectivity index (χ1v) is 4.79. The molecule has 1 aromatic carbocycles. The Labute approximate surface area is 87.7 Å². The van der Waals surface area contributed by atoms with Gasteiger partial charge >= 0.3 is 0 Å². The molecule has 0 atom stereocenters. The second kappa shape index (κ2) is 3.72. The van der Waals surface area contributed by atoms with Crippen LogP contribution in [0.1, 0.15) is 5.56 Å². The van der Waals surface area contributed by atoms with Gasteiger partial charge in [-0.25, -0.2) is 0 Å². The summed E-state index contributed by atoms with van der Waals surface area (Å²) in [7, 11) is 0. The van der Waals surface area contributed by atoms with Crippen molar-refractivity contribution in [3.63, 3.8) is 0 Å². The minimum Gasteiger partial charge on any atom is -0.350 e. The van der Waals surface area contributed by atoms with E-state index in [2.05, 4.69) is 29.0 Å². The Balaban J connectivity index is 2.61. The van der Waals surface area contributed by atoms with Crippen molar-refractivity contribution < 1.29 is 0 Å². The number of hydrogen-bond donors (Lipinski definition) is 1. The maximum atomic E-state index is 5.16. The van der Waals surface area contributed by atoms with Crippen LogP contribution in [0.4, 0.5) is 0 Å². The molecule has 14 heavy (non-hydrogen) atoms. The van der Waals surface area contributed by atoms with Gasteiger partial charge in [0, 0.05) is 18.0 Å². The van der Waals surface area contributed by atoms with Gasteiger partial charge in [0.15, 0.2) is 0 Å². The van der Waals surface area contributed by atoms with Crippen LogP contribution in [0, 0.1) is 11.6 Å². The zero-order chi connectivity index (χ0) is 9.97. The molecule has 70 valence electrons. The molecule has 0 spiro atoms. The number of aromatic amines is 1.